The number of hydrogen-bond acceptors (Lipinski definition) is 6. The second kappa shape index (κ2) is 7.25. The van der Waals surface area contributed by atoms with Crippen molar-refractivity contribution in [1.29, 1.82) is 0 Å². The Hall–Kier alpha value is -2.51. The molecule has 2 heterocycles. The molecular formula is C20H21N3O3S. The molecule has 4 rings (SSSR count). The van der Waals surface area contributed by atoms with Crippen molar-refractivity contribution in [3.63, 3.8) is 0 Å². The van der Waals surface area contributed by atoms with Crippen LogP contribution in [0.4, 0.5) is 0 Å². The predicted molar refractivity (Wildman–Crippen MR) is 104 cm³/mol. The van der Waals surface area contributed by atoms with Crippen LogP contribution >= 0.6 is 11.8 Å². The van der Waals surface area contributed by atoms with E-state index < -0.39 is 5.60 Å². The van der Waals surface area contributed by atoms with Gasteiger partial charge in [0.1, 0.15) is 27.8 Å². The first-order valence-electron chi connectivity index (χ1n) is 8.93. The van der Waals surface area contributed by atoms with Gasteiger partial charge in [-0.25, -0.2) is 4.68 Å². The second-order valence-corrected chi connectivity index (χ2v) is 7.15. The Bertz CT molecular complexity index is 925. The topological polar surface area (TPSA) is 69.4 Å². The van der Waals surface area contributed by atoms with Crippen LogP contribution < -0.4 is 9.47 Å². The molecule has 1 aliphatic heterocycles. The maximum absolute atomic E-state index is 11.3. The highest BCUT2D eigenvalue weighted by molar-refractivity contribution is 7.99. The number of aliphatic hydroxyl groups is 1. The first kappa shape index (κ1) is 17.9. The molecule has 0 fully saturated rings. The molecule has 0 bridgehead atoms. The summed E-state index contributed by atoms with van der Waals surface area (Å²) < 4.78 is 12.7. The molecule has 1 N–H and O–H groups in total. The average Bonchev–Trinajstić information content (AvgIpc) is 3.26. The first-order valence-corrected chi connectivity index (χ1v) is 9.92. The van der Waals surface area contributed by atoms with E-state index in [1.807, 2.05) is 62.4 Å². The van der Waals surface area contributed by atoms with Crippen molar-refractivity contribution < 1.29 is 14.6 Å². The SMILES string of the molecule is CCOc1ccc(-n2nnc3c2SCC3(O)c2ccc(OCC)cc2)cc1. The van der Waals surface area contributed by atoms with Gasteiger partial charge in [0.25, 0.3) is 0 Å². The third-order valence-electron chi connectivity index (χ3n) is 4.47. The lowest BCUT2D eigenvalue weighted by Gasteiger charge is -2.21. The third-order valence-corrected chi connectivity index (χ3v) is 5.68. The Morgan fingerprint density at radius 3 is 2.19 bits per heavy atom. The van der Waals surface area contributed by atoms with E-state index in [0.29, 0.717) is 24.7 Å². The van der Waals surface area contributed by atoms with E-state index >= 15 is 0 Å². The molecule has 140 valence electrons. The van der Waals surface area contributed by atoms with Gasteiger partial charge in [0, 0.05) is 5.75 Å². The van der Waals surface area contributed by atoms with E-state index in [0.717, 1.165) is 27.8 Å². The molecule has 0 spiro atoms. The Balaban J connectivity index is 1.65. The summed E-state index contributed by atoms with van der Waals surface area (Å²) in [5.41, 5.74) is 1.10. The molecule has 2 aromatic carbocycles. The average molecular weight is 383 g/mol. The second-order valence-electron chi connectivity index (χ2n) is 6.19. The van der Waals surface area contributed by atoms with Crippen LogP contribution in [-0.2, 0) is 5.60 Å². The Morgan fingerprint density at radius 1 is 1.00 bits per heavy atom. The summed E-state index contributed by atoms with van der Waals surface area (Å²) in [6.07, 6.45) is 0. The minimum atomic E-state index is -1.16. The van der Waals surface area contributed by atoms with Crippen LogP contribution in [0.1, 0.15) is 25.1 Å². The van der Waals surface area contributed by atoms with Crippen LogP contribution in [0.5, 0.6) is 11.5 Å². The summed E-state index contributed by atoms with van der Waals surface area (Å²) in [5.74, 6) is 2.10. The number of nitrogens with zero attached hydrogens (tertiary/aromatic N) is 3. The van der Waals surface area contributed by atoms with Crippen LogP contribution in [0.25, 0.3) is 5.69 Å². The molecule has 0 aliphatic carbocycles. The molecule has 0 amide bonds. The zero-order valence-corrected chi connectivity index (χ0v) is 16.1. The van der Waals surface area contributed by atoms with Crippen molar-refractivity contribution in [3.05, 3.63) is 59.8 Å². The maximum Gasteiger partial charge on any atom is 0.145 e. The molecule has 1 unspecified atom stereocenters. The van der Waals surface area contributed by atoms with Crippen molar-refractivity contribution in [2.75, 3.05) is 19.0 Å². The van der Waals surface area contributed by atoms with Gasteiger partial charge in [-0.05, 0) is 55.8 Å². The number of thioether (sulfide) groups is 1. The van der Waals surface area contributed by atoms with Gasteiger partial charge < -0.3 is 14.6 Å². The molecular weight excluding hydrogens is 362 g/mol. The molecule has 1 aromatic heterocycles. The fraction of sp³-hybridized carbons (Fsp3) is 0.300. The monoisotopic (exact) mass is 383 g/mol. The van der Waals surface area contributed by atoms with Gasteiger partial charge in [-0.2, -0.15) is 0 Å². The lowest BCUT2D eigenvalue weighted by molar-refractivity contribution is 0.104. The molecule has 0 saturated carbocycles. The number of rotatable bonds is 6. The van der Waals surface area contributed by atoms with Gasteiger partial charge in [-0.15, -0.1) is 16.9 Å². The number of hydrogen-bond donors (Lipinski definition) is 1. The van der Waals surface area contributed by atoms with Crippen molar-refractivity contribution in [3.8, 4) is 17.2 Å². The molecule has 1 atom stereocenters. The van der Waals surface area contributed by atoms with Gasteiger partial charge in [0.15, 0.2) is 0 Å². The van der Waals surface area contributed by atoms with E-state index in [4.69, 9.17) is 9.47 Å². The van der Waals surface area contributed by atoms with Crippen molar-refractivity contribution in [1.82, 2.24) is 15.0 Å². The van der Waals surface area contributed by atoms with Crippen molar-refractivity contribution >= 4 is 11.8 Å². The van der Waals surface area contributed by atoms with Crippen LogP contribution in [-0.4, -0.2) is 39.1 Å². The summed E-state index contributed by atoms with van der Waals surface area (Å²) in [7, 11) is 0. The summed E-state index contributed by atoms with van der Waals surface area (Å²) in [6, 6.07) is 15.2. The normalized spacial score (nSPS) is 18.3. The summed E-state index contributed by atoms with van der Waals surface area (Å²) in [4.78, 5) is 0. The van der Waals surface area contributed by atoms with Crippen molar-refractivity contribution in [2.45, 2.75) is 24.5 Å². The van der Waals surface area contributed by atoms with Crippen LogP contribution in [0, 0.1) is 0 Å². The third kappa shape index (κ3) is 3.17. The van der Waals surface area contributed by atoms with Crippen LogP contribution in [0.15, 0.2) is 53.6 Å². The number of aromatic nitrogens is 3. The van der Waals surface area contributed by atoms with Gasteiger partial charge >= 0.3 is 0 Å². The molecule has 27 heavy (non-hydrogen) atoms. The predicted octanol–water partition coefficient (Wildman–Crippen LogP) is 3.41. The highest BCUT2D eigenvalue weighted by Gasteiger charge is 2.44. The van der Waals surface area contributed by atoms with Gasteiger partial charge in [-0.1, -0.05) is 17.3 Å². The lowest BCUT2D eigenvalue weighted by atomic mass is 9.93. The highest BCUT2D eigenvalue weighted by Crippen LogP contribution is 2.45. The zero-order chi connectivity index (χ0) is 18.9. The smallest absolute Gasteiger partial charge is 0.145 e. The van der Waals surface area contributed by atoms with E-state index in [-0.39, 0.29) is 0 Å². The van der Waals surface area contributed by atoms with E-state index in [1.165, 1.54) is 0 Å². The quantitative estimate of drug-likeness (QED) is 0.704. The molecule has 1 aliphatic rings. The minimum absolute atomic E-state index is 0.498. The first-order chi connectivity index (χ1) is 13.2. The van der Waals surface area contributed by atoms with Gasteiger partial charge in [0.05, 0.1) is 18.9 Å². The Kier molecular flexibility index (Phi) is 4.80. The minimum Gasteiger partial charge on any atom is -0.494 e. The van der Waals surface area contributed by atoms with Gasteiger partial charge in [0.2, 0.25) is 0 Å². The maximum atomic E-state index is 11.3. The molecule has 0 radical (unpaired) electrons. The zero-order valence-electron chi connectivity index (χ0n) is 15.3. The Labute approximate surface area is 162 Å². The molecule has 3 aromatic rings. The standard InChI is InChI=1S/C20H21N3O3S/c1-3-25-16-9-5-14(6-10-16)20(24)13-27-19-18(20)21-22-23(19)15-7-11-17(12-8-15)26-4-2/h5-12,24H,3-4,13H2,1-2H3. The fourth-order valence-electron chi connectivity index (χ4n) is 3.14. The Morgan fingerprint density at radius 2 is 1.59 bits per heavy atom. The van der Waals surface area contributed by atoms with E-state index in [9.17, 15) is 5.11 Å². The summed E-state index contributed by atoms with van der Waals surface area (Å²) in [6.45, 7) is 5.14. The number of fused-ring (bicyclic) bond motifs is 1. The van der Waals surface area contributed by atoms with Crippen LogP contribution in [0.3, 0.4) is 0 Å². The summed E-state index contributed by atoms with van der Waals surface area (Å²) >= 11 is 1.55. The number of benzene rings is 2. The molecule has 0 saturated heterocycles. The lowest BCUT2D eigenvalue weighted by Crippen LogP contribution is -2.27. The molecule has 6 nitrogen and oxygen atoms in total. The van der Waals surface area contributed by atoms with E-state index in [1.54, 1.807) is 16.4 Å². The summed E-state index contributed by atoms with van der Waals surface area (Å²) in [5, 5.41) is 20.7. The van der Waals surface area contributed by atoms with Crippen LogP contribution in [0.2, 0.25) is 0 Å². The van der Waals surface area contributed by atoms with Crippen molar-refractivity contribution in [2.24, 2.45) is 0 Å². The van der Waals surface area contributed by atoms with E-state index in [2.05, 4.69) is 10.3 Å². The number of ether oxygens (including phenoxy) is 2. The largest absolute Gasteiger partial charge is 0.494 e. The van der Waals surface area contributed by atoms with Gasteiger partial charge in [-0.3, -0.25) is 0 Å². The highest BCUT2D eigenvalue weighted by atomic mass is 32.2. The fourth-order valence-corrected chi connectivity index (χ4v) is 4.40. The molecule has 7 heteroatoms.